The van der Waals surface area contributed by atoms with Crippen molar-refractivity contribution in [2.24, 2.45) is 0 Å². The van der Waals surface area contributed by atoms with Crippen LogP contribution in [0.3, 0.4) is 0 Å². The van der Waals surface area contributed by atoms with Crippen molar-refractivity contribution in [3.8, 4) is 44.5 Å². The Kier molecular flexibility index (Phi) is 8.28. The van der Waals surface area contributed by atoms with Crippen molar-refractivity contribution in [1.29, 1.82) is 0 Å². The van der Waals surface area contributed by atoms with Crippen molar-refractivity contribution < 1.29 is 8.83 Å². The Morgan fingerprint density at radius 3 is 1.20 bits per heavy atom. The van der Waals surface area contributed by atoms with Gasteiger partial charge in [0.15, 0.2) is 0 Å². The summed E-state index contributed by atoms with van der Waals surface area (Å²) in [4.78, 5) is 0. The number of hydrogen-bond acceptors (Lipinski definition) is 2. The molecule has 10 aromatic carbocycles. The third-order valence-corrected chi connectivity index (χ3v) is 12.5. The van der Waals surface area contributed by atoms with Crippen LogP contribution in [0.15, 0.2) is 233 Å². The number of fused-ring (bicyclic) bond motifs is 7. The topological polar surface area (TPSA) is 26.3 Å². The molecule has 0 fully saturated rings. The molecule has 12 aromatic rings. The van der Waals surface area contributed by atoms with E-state index >= 15 is 0 Å². The van der Waals surface area contributed by atoms with Crippen LogP contribution in [0.5, 0.6) is 0 Å². The first-order chi connectivity index (χ1) is 30.2. The molecule has 2 nitrogen and oxygen atoms in total. The fourth-order valence-corrected chi connectivity index (χ4v) is 9.40. The number of para-hydroxylation sites is 2. The van der Waals surface area contributed by atoms with E-state index in [0.717, 1.165) is 43.9 Å². The van der Waals surface area contributed by atoms with Crippen molar-refractivity contribution in [1.82, 2.24) is 0 Å². The van der Waals surface area contributed by atoms with Crippen LogP contribution in [-0.2, 0) is 0 Å². The third-order valence-electron chi connectivity index (χ3n) is 12.5. The van der Waals surface area contributed by atoms with E-state index in [1.165, 1.54) is 72.0 Å². The fourth-order valence-electron chi connectivity index (χ4n) is 9.40. The maximum absolute atomic E-state index is 6.15. The molecule has 0 aliphatic rings. The first kappa shape index (κ1) is 35.0. The standard InChI is InChI=1S/C59H38O2/c1-2-10-38(11-3-1)39-18-24-42(25-19-39)47-32-33-52(49-13-5-4-12-48(47)49)59(43-26-20-40(21-27-43)45-30-34-57-53(36-45)50-14-6-8-16-55(50)60-57)44-28-22-41(23-29-44)46-31-35-58-54(37-46)51-15-7-9-17-56(51)61-58/h1-37,59H. The van der Waals surface area contributed by atoms with Gasteiger partial charge in [0, 0.05) is 27.5 Å². The molecular weight excluding hydrogens is 741 g/mol. The molecule has 0 spiro atoms. The normalized spacial score (nSPS) is 11.8. The van der Waals surface area contributed by atoms with Gasteiger partial charge in [0.25, 0.3) is 0 Å². The van der Waals surface area contributed by atoms with Crippen molar-refractivity contribution >= 4 is 54.6 Å². The Balaban J connectivity index is 0.963. The van der Waals surface area contributed by atoms with Crippen LogP contribution in [0.25, 0.3) is 99.2 Å². The second-order valence-electron chi connectivity index (χ2n) is 16.0. The zero-order valence-electron chi connectivity index (χ0n) is 33.3. The smallest absolute Gasteiger partial charge is 0.135 e. The van der Waals surface area contributed by atoms with Gasteiger partial charge in [-0.25, -0.2) is 0 Å². The summed E-state index contributed by atoms with van der Waals surface area (Å²) in [6.45, 7) is 0. The van der Waals surface area contributed by atoms with Gasteiger partial charge in [-0.2, -0.15) is 0 Å². The summed E-state index contributed by atoms with van der Waals surface area (Å²) in [5, 5.41) is 7.04. The molecular formula is C59H38O2. The highest BCUT2D eigenvalue weighted by atomic mass is 16.3. The monoisotopic (exact) mass is 778 g/mol. The summed E-state index contributed by atoms with van der Waals surface area (Å²) < 4.78 is 12.3. The molecule has 0 aliphatic heterocycles. The summed E-state index contributed by atoms with van der Waals surface area (Å²) in [6, 6.07) is 81.0. The van der Waals surface area contributed by atoms with Crippen LogP contribution in [0.1, 0.15) is 22.6 Å². The maximum Gasteiger partial charge on any atom is 0.135 e. The van der Waals surface area contributed by atoms with Gasteiger partial charge in [0.1, 0.15) is 22.3 Å². The lowest BCUT2D eigenvalue weighted by molar-refractivity contribution is 0.668. The predicted molar refractivity (Wildman–Crippen MR) is 254 cm³/mol. The molecule has 0 saturated carbocycles. The molecule has 2 heteroatoms. The molecule has 0 amide bonds. The van der Waals surface area contributed by atoms with Gasteiger partial charge in [-0.1, -0.05) is 188 Å². The van der Waals surface area contributed by atoms with Crippen LogP contribution >= 0.6 is 0 Å². The van der Waals surface area contributed by atoms with E-state index < -0.39 is 0 Å². The predicted octanol–water partition coefficient (Wildman–Crippen LogP) is 16.5. The van der Waals surface area contributed by atoms with E-state index in [-0.39, 0.29) is 5.92 Å². The molecule has 0 N–H and O–H groups in total. The maximum atomic E-state index is 6.15. The lowest BCUT2D eigenvalue weighted by Gasteiger charge is -2.23. The molecule has 61 heavy (non-hydrogen) atoms. The molecule has 0 saturated heterocycles. The van der Waals surface area contributed by atoms with Crippen molar-refractivity contribution in [2.75, 3.05) is 0 Å². The van der Waals surface area contributed by atoms with Gasteiger partial charge in [0.2, 0.25) is 0 Å². The zero-order chi connectivity index (χ0) is 40.3. The van der Waals surface area contributed by atoms with E-state index in [2.05, 4.69) is 200 Å². The molecule has 12 rings (SSSR count). The van der Waals surface area contributed by atoms with Crippen molar-refractivity contribution in [3.63, 3.8) is 0 Å². The van der Waals surface area contributed by atoms with E-state index in [0.29, 0.717) is 0 Å². The minimum Gasteiger partial charge on any atom is -0.456 e. The Morgan fingerprint density at radius 2 is 0.639 bits per heavy atom. The Hall–Kier alpha value is -7.94. The molecule has 2 aromatic heterocycles. The molecule has 286 valence electrons. The largest absolute Gasteiger partial charge is 0.456 e. The van der Waals surface area contributed by atoms with Gasteiger partial charge in [-0.05, 0) is 108 Å². The average Bonchev–Trinajstić information content (AvgIpc) is 3.90. The van der Waals surface area contributed by atoms with Crippen molar-refractivity contribution in [2.45, 2.75) is 5.92 Å². The number of furan rings is 2. The third kappa shape index (κ3) is 6.12. The summed E-state index contributed by atoms with van der Waals surface area (Å²) in [7, 11) is 0. The average molecular weight is 779 g/mol. The number of rotatable bonds is 7. The second-order valence-corrected chi connectivity index (χ2v) is 16.0. The lowest BCUT2D eigenvalue weighted by atomic mass is 9.80. The summed E-state index contributed by atoms with van der Waals surface area (Å²) >= 11 is 0. The van der Waals surface area contributed by atoms with Crippen LogP contribution in [0.2, 0.25) is 0 Å². The summed E-state index contributed by atoms with van der Waals surface area (Å²) in [5.74, 6) is -0.0110. The summed E-state index contributed by atoms with van der Waals surface area (Å²) in [6.07, 6.45) is 0. The zero-order valence-corrected chi connectivity index (χ0v) is 33.3. The van der Waals surface area contributed by atoms with Gasteiger partial charge < -0.3 is 8.83 Å². The van der Waals surface area contributed by atoms with Gasteiger partial charge in [0.05, 0.1) is 0 Å². The van der Waals surface area contributed by atoms with Crippen LogP contribution in [-0.4, -0.2) is 0 Å². The van der Waals surface area contributed by atoms with Crippen LogP contribution in [0.4, 0.5) is 0 Å². The lowest BCUT2D eigenvalue weighted by Crippen LogP contribution is -2.05. The molecule has 2 heterocycles. The quantitative estimate of drug-likeness (QED) is 0.151. The highest BCUT2D eigenvalue weighted by molar-refractivity contribution is 6.07. The Labute approximate surface area is 353 Å². The Morgan fingerprint density at radius 1 is 0.246 bits per heavy atom. The van der Waals surface area contributed by atoms with E-state index in [1.54, 1.807) is 0 Å². The van der Waals surface area contributed by atoms with Gasteiger partial charge in [-0.3, -0.25) is 0 Å². The molecule has 0 unspecified atom stereocenters. The fraction of sp³-hybridized carbons (Fsp3) is 0.0169. The van der Waals surface area contributed by atoms with Crippen molar-refractivity contribution in [3.05, 3.63) is 241 Å². The van der Waals surface area contributed by atoms with E-state index in [1.807, 2.05) is 24.3 Å². The van der Waals surface area contributed by atoms with Crippen LogP contribution in [0, 0.1) is 0 Å². The highest BCUT2D eigenvalue weighted by Crippen LogP contribution is 2.42. The number of benzene rings is 10. The minimum absolute atomic E-state index is 0.0110. The molecule has 0 atom stereocenters. The first-order valence-electron chi connectivity index (χ1n) is 20.9. The highest BCUT2D eigenvalue weighted by Gasteiger charge is 2.22. The first-order valence-corrected chi connectivity index (χ1v) is 20.9. The minimum atomic E-state index is -0.0110. The molecule has 0 aliphatic carbocycles. The second kappa shape index (κ2) is 14.4. The Bertz CT molecular complexity index is 3400. The number of hydrogen-bond donors (Lipinski definition) is 0. The molecule has 0 bridgehead atoms. The van der Waals surface area contributed by atoms with Gasteiger partial charge >= 0.3 is 0 Å². The van der Waals surface area contributed by atoms with Gasteiger partial charge in [-0.15, -0.1) is 0 Å². The van der Waals surface area contributed by atoms with E-state index in [4.69, 9.17) is 8.83 Å². The van der Waals surface area contributed by atoms with Crippen LogP contribution < -0.4 is 0 Å². The van der Waals surface area contributed by atoms with E-state index in [9.17, 15) is 0 Å². The molecule has 0 radical (unpaired) electrons. The summed E-state index contributed by atoms with van der Waals surface area (Å²) in [5.41, 5.74) is 17.0. The SMILES string of the molecule is c1ccc(-c2ccc(-c3ccc(C(c4ccc(-c5ccc6oc7ccccc7c6c5)cc4)c4ccc(-c5ccc6oc7ccccc7c6c5)cc4)c4ccccc34)cc2)cc1.